The van der Waals surface area contributed by atoms with Crippen LogP contribution in [0, 0.1) is 6.92 Å². The Hall–Kier alpha value is -2.38. The molecule has 0 fully saturated rings. The van der Waals surface area contributed by atoms with Gasteiger partial charge in [0.1, 0.15) is 0 Å². The van der Waals surface area contributed by atoms with Crippen LogP contribution in [0.3, 0.4) is 0 Å². The van der Waals surface area contributed by atoms with Crippen LogP contribution in [0.2, 0.25) is 5.02 Å². The smallest absolute Gasteiger partial charge is 0.307 e. The first-order chi connectivity index (χ1) is 13.2. The van der Waals surface area contributed by atoms with Crippen molar-refractivity contribution in [2.45, 2.75) is 30.7 Å². The Balaban J connectivity index is 2.05. The number of benzene rings is 2. The number of rotatable bonds is 8. The third kappa shape index (κ3) is 6.35. The van der Waals surface area contributed by atoms with Gasteiger partial charge in [-0.2, -0.15) is 0 Å². The number of hydrogen-bond donors (Lipinski definition) is 1. The predicted octanol–water partition coefficient (Wildman–Crippen LogP) is 3.23. The molecule has 2 aromatic carbocycles. The fourth-order valence-corrected chi connectivity index (χ4v) is 3.92. The third-order valence-electron chi connectivity index (χ3n) is 4.18. The van der Waals surface area contributed by atoms with Crippen molar-refractivity contribution in [2.75, 3.05) is 12.9 Å². The molecule has 0 bridgehead atoms. The Morgan fingerprint density at radius 1 is 1.07 bits per heavy atom. The van der Waals surface area contributed by atoms with E-state index in [9.17, 15) is 18.0 Å². The van der Waals surface area contributed by atoms with Crippen LogP contribution in [0.5, 0.6) is 0 Å². The number of sulfone groups is 1. The molecule has 2 aromatic rings. The maximum absolute atomic E-state index is 12.4. The number of nitrogens with one attached hydrogen (secondary N) is 1. The second-order valence-corrected chi connectivity index (χ2v) is 8.88. The molecule has 1 atom stereocenters. The fourth-order valence-electron chi connectivity index (χ4n) is 2.55. The first kappa shape index (κ1) is 21.9. The summed E-state index contributed by atoms with van der Waals surface area (Å²) in [6.07, 6.45) is -0.296. The van der Waals surface area contributed by atoms with E-state index < -0.39 is 27.8 Å². The minimum Gasteiger partial charge on any atom is -0.469 e. The Morgan fingerprint density at radius 3 is 2.25 bits per heavy atom. The van der Waals surface area contributed by atoms with Gasteiger partial charge < -0.3 is 10.1 Å². The number of amides is 1. The predicted molar refractivity (Wildman–Crippen MR) is 107 cm³/mol. The summed E-state index contributed by atoms with van der Waals surface area (Å²) in [7, 11) is -2.31. The molecule has 0 aliphatic heterocycles. The van der Waals surface area contributed by atoms with Crippen LogP contribution in [0.4, 0.5) is 0 Å². The first-order valence-electron chi connectivity index (χ1n) is 8.62. The molecule has 1 unspecified atom stereocenters. The van der Waals surface area contributed by atoms with E-state index in [4.69, 9.17) is 11.6 Å². The molecular formula is C20H22ClNO5S. The molecule has 2 rings (SSSR count). The highest BCUT2D eigenvalue weighted by Gasteiger charge is 2.21. The molecule has 0 aliphatic rings. The molecule has 0 spiro atoms. The van der Waals surface area contributed by atoms with E-state index in [0.717, 1.165) is 5.56 Å². The van der Waals surface area contributed by atoms with Gasteiger partial charge in [0, 0.05) is 11.4 Å². The second kappa shape index (κ2) is 9.71. The molecule has 6 nitrogen and oxygen atoms in total. The van der Waals surface area contributed by atoms with Crippen LogP contribution in [0.1, 0.15) is 30.0 Å². The summed E-state index contributed by atoms with van der Waals surface area (Å²) in [5.41, 5.74) is 1.62. The fraction of sp³-hybridized carbons (Fsp3) is 0.300. The molecule has 0 radical (unpaired) electrons. The highest BCUT2D eigenvalue weighted by Crippen LogP contribution is 2.20. The molecule has 150 valence electrons. The van der Waals surface area contributed by atoms with E-state index in [1.54, 1.807) is 36.4 Å². The number of ether oxygens (including phenoxy) is 1. The van der Waals surface area contributed by atoms with Crippen molar-refractivity contribution in [1.82, 2.24) is 5.32 Å². The maximum Gasteiger partial charge on any atom is 0.307 e. The molecule has 0 aliphatic carbocycles. The van der Waals surface area contributed by atoms with Gasteiger partial charge in [0.05, 0.1) is 30.2 Å². The molecule has 0 saturated carbocycles. The summed E-state index contributed by atoms with van der Waals surface area (Å²) in [5, 5.41) is 3.23. The lowest BCUT2D eigenvalue weighted by molar-refractivity contribution is -0.141. The minimum absolute atomic E-state index is 0.0748. The number of aryl methyl sites for hydroxylation is 1. The van der Waals surface area contributed by atoms with Crippen LogP contribution in [0.15, 0.2) is 53.4 Å². The van der Waals surface area contributed by atoms with Gasteiger partial charge in [-0.15, -0.1) is 0 Å². The maximum atomic E-state index is 12.4. The Labute approximate surface area is 169 Å². The summed E-state index contributed by atoms with van der Waals surface area (Å²) in [5.74, 6) is -1.29. The molecule has 0 heterocycles. The molecular weight excluding hydrogens is 402 g/mol. The van der Waals surface area contributed by atoms with Crippen molar-refractivity contribution in [1.29, 1.82) is 0 Å². The van der Waals surface area contributed by atoms with Crippen LogP contribution >= 0.6 is 11.6 Å². The lowest BCUT2D eigenvalue weighted by atomic mass is 10.0. The van der Waals surface area contributed by atoms with Crippen LogP contribution in [-0.4, -0.2) is 33.2 Å². The average molecular weight is 424 g/mol. The van der Waals surface area contributed by atoms with E-state index in [0.29, 0.717) is 10.6 Å². The second-order valence-electron chi connectivity index (χ2n) is 6.33. The van der Waals surface area contributed by atoms with Crippen molar-refractivity contribution in [3.05, 3.63) is 64.7 Å². The van der Waals surface area contributed by atoms with E-state index in [1.165, 1.54) is 19.2 Å². The number of esters is 1. The van der Waals surface area contributed by atoms with E-state index >= 15 is 0 Å². The molecule has 0 saturated heterocycles. The van der Waals surface area contributed by atoms with Gasteiger partial charge in [-0.3, -0.25) is 9.59 Å². The van der Waals surface area contributed by atoms with Crippen molar-refractivity contribution >= 4 is 33.3 Å². The van der Waals surface area contributed by atoms with E-state index in [2.05, 4.69) is 10.1 Å². The standard InChI is InChI=1S/C20H22ClNO5S/c1-14-3-9-17(10-4-14)28(25,26)12-11-19(23)22-18(13-20(24)27-2)15-5-7-16(21)8-6-15/h3-10,18H,11-13H2,1-2H3,(H,22,23). The molecule has 28 heavy (non-hydrogen) atoms. The van der Waals surface area contributed by atoms with Crippen LogP contribution in [0.25, 0.3) is 0 Å². The number of carbonyl (C=O) groups excluding carboxylic acids is 2. The lowest BCUT2D eigenvalue weighted by Crippen LogP contribution is -2.31. The summed E-state index contributed by atoms with van der Waals surface area (Å²) < 4.78 is 29.5. The zero-order chi connectivity index (χ0) is 20.7. The van der Waals surface area contributed by atoms with Gasteiger partial charge in [0.15, 0.2) is 9.84 Å². The highest BCUT2D eigenvalue weighted by atomic mass is 35.5. The lowest BCUT2D eigenvalue weighted by Gasteiger charge is -2.18. The zero-order valence-electron chi connectivity index (χ0n) is 15.6. The van der Waals surface area contributed by atoms with Gasteiger partial charge in [-0.1, -0.05) is 41.4 Å². The normalized spacial score (nSPS) is 12.2. The third-order valence-corrected chi connectivity index (χ3v) is 6.17. The van der Waals surface area contributed by atoms with Crippen LogP contribution < -0.4 is 5.32 Å². The number of carbonyl (C=O) groups is 2. The average Bonchev–Trinajstić information content (AvgIpc) is 2.67. The van der Waals surface area contributed by atoms with Crippen molar-refractivity contribution in [3.63, 3.8) is 0 Å². The number of hydrogen-bond acceptors (Lipinski definition) is 5. The van der Waals surface area contributed by atoms with Crippen LogP contribution in [-0.2, 0) is 24.2 Å². The Kier molecular flexibility index (Phi) is 7.60. The molecule has 8 heteroatoms. The SMILES string of the molecule is COC(=O)CC(NC(=O)CCS(=O)(=O)c1ccc(C)cc1)c1ccc(Cl)cc1. The highest BCUT2D eigenvalue weighted by molar-refractivity contribution is 7.91. The van der Waals surface area contributed by atoms with Gasteiger partial charge in [0.2, 0.25) is 5.91 Å². The molecule has 1 N–H and O–H groups in total. The quantitative estimate of drug-likeness (QED) is 0.658. The summed E-state index contributed by atoms with van der Waals surface area (Å²) in [6.45, 7) is 1.86. The first-order valence-corrected chi connectivity index (χ1v) is 10.7. The van der Waals surface area contributed by atoms with Crippen molar-refractivity contribution < 1.29 is 22.7 Å². The molecule has 0 aromatic heterocycles. The van der Waals surface area contributed by atoms with Crippen molar-refractivity contribution in [3.8, 4) is 0 Å². The monoisotopic (exact) mass is 423 g/mol. The van der Waals surface area contributed by atoms with Gasteiger partial charge >= 0.3 is 5.97 Å². The molecule has 1 amide bonds. The van der Waals surface area contributed by atoms with E-state index in [-0.39, 0.29) is 23.5 Å². The Bertz CT molecular complexity index is 924. The summed E-state index contributed by atoms with van der Waals surface area (Å²) in [4.78, 5) is 24.2. The summed E-state index contributed by atoms with van der Waals surface area (Å²) in [6, 6.07) is 12.5. The van der Waals surface area contributed by atoms with Crippen molar-refractivity contribution in [2.24, 2.45) is 0 Å². The van der Waals surface area contributed by atoms with E-state index in [1.807, 2.05) is 6.92 Å². The summed E-state index contributed by atoms with van der Waals surface area (Å²) >= 11 is 5.88. The van der Waals surface area contributed by atoms with Gasteiger partial charge in [-0.25, -0.2) is 8.42 Å². The number of methoxy groups -OCH3 is 1. The van der Waals surface area contributed by atoms with Gasteiger partial charge in [-0.05, 0) is 36.8 Å². The minimum atomic E-state index is -3.58. The topological polar surface area (TPSA) is 89.5 Å². The Morgan fingerprint density at radius 2 is 1.68 bits per heavy atom. The van der Waals surface area contributed by atoms with Gasteiger partial charge in [0.25, 0.3) is 0 Å². The largest absolute Gasteiger partial charge is 0.469 e. The zero-order valence-corrected chi connectivity index (χ0v) is 17.2. The number of halogens is 1.